The molecule has 0 spiro atoms. The summed E-state index contributed by atoms with van der Waals surface area (Å²) in [4.78, 5) is 12.9. The van der Waals surface area contributed by atoms with Gasteiger partial charge in [-0.15, -0.1) is 0 Å². The van der Waals surface area contributed by atoms with Crippen LogP contribution in [-0.4, -0.2) is 15.6 Å². The lowest BCUT2D eigenvalue weighted by Crippen LogP contribution is -2.27. The van der Waals surface area contributed by atoms with E-state index < -0.39 is 38.8 Å². The van der Waals surface area contributed by atoms with E-state index in [-0.39, 0.29) is 11.3 Å². The maximum Gasteiger partial charge on any atom is 0.475 e. The van der Waals surface area contributed by atoms with Crippen molar-refractivity contribution in [2.24, 2.45) is 5.92 Å². The molecule has 3 nitrogen and oxygen atoms in total. The molecule has 0 fully saturated rings. The highest BCUT2D eigenvalue weighted by molar-refractivity contribution is 9.11. The quantitative estimate of drug-likeness (QED) is 0.643. The van der Waals surface area contributed by atoms with Crippen LogP contribution in [0.25, 0.3) is 0 Å². The number of halogens is 5. The molecule has 2 unspecified atom stereocenters. The molecule has 1 aliphatic heterocycles. The molecule has 0 radical (unpaired) electrons. The van der Waals surface area contributed by atoms with Crippen LogP contribution in [0.2, 0.25) is 0 Å². The average Bonchev–Trinajstić information content (AvgIpc) is 2.82. The number of nitrogens with zero attached hydrogens (tertiary/aromatic N) is 1. The zero-order valence-electron chi connectivity index (χ0n) is 12.6. The Morgan fingerprint density at radius 2 is 1.96 bits per heavy atom. The first-order valence-corrected chi connectivity index (χ1v) is 8.93. The third kappa shape index (κ3) is 3.22. The van der Waals surface area contributed by atoms with Gasteiger partial charge in [0.2, 0.25) is 5.91 Å². The number of aryl methyl sites for hydroxylation is 1. The molecule has 9 heteroatoms. The summed E-state index contributed by atoms with van der Waals surface area (Å²) < 4.78 is 65.0. The first-order chi connectivity index (χ1) is 11.6. The fourth-order valence-electron chi connectivity index (χ4n) is 2.64. The van der Waals surface area contributed by atoms with Crippen LogP contribution in [0.15, 0.2) is 51.5 Å². The number of allylic oxidation sites excluding steroid dienone is 3. The van der Waals surface area contributed by atoms with Crippen molar-refractivity contribution in [2.75, 3.05) is 4.90 Å². The van der Waals surface area contributed by atoms with E-state index in [2.05, 4.69) is 15.9 Å². The Labute approximate surface area is 151 Å². The van der Waals surface area contributed by atoms with E-state index in [9.17, 15) is 26.6 Å². The van der Waals surface area contributed by atoms with Gasteiger partial charge in [0, 0.05) is 10.7 Å². The van der Waals surface area contributed by atoms with Crippen molar-refractivity contribution < 1.29 is 26.6 Å². The van der Waals surface area contributed by atoms with Crippen LogP contribution in [0.4, 0.5) is 23.2 Å². The molecule has 132 valence electrons. The predicted octanol–water partition coefficient (Wildman–Crippen LogP) is 4.46. The molecule has 1 amide bonds. The Kier molecular flexibility index (Phi) is 4.48. The van der Waals surface area contributed by atoms with Crippen molar-refractivity contribution in [1.29, 1.82) is 0 Å². The first kappa shape index (κ1) is 18.1. The van der Waals surface area contributed by atoms with Crippen LogP contribution in [0.3, 0.4) is 0 Å². The molecule has 1 heterocycles. The topological polar surface area (TPSA) is 37.4 Å². The number of hydrogen-bond donors (Lipinski definition) is 0. The summed E-state index contributed by atoms with van der Waals surface area (Å²) in [5, 5.41) is 0. The molecule has 2 aliphatic rings. The van der Waals surface area contributed by atoms with Gasteiger partial charge in [-0.05, 0) is 36.3 Å². The summed E-state index contributed by atoms with van der Waals surface area (Å²) in [6, 6.07) is 1.67. The lowest BCUT2D eigenvalue weighted by molar-refractivity contribution is -0.118. The highest BCUT2D eigenvalue weighted by Crippen LogP contribution is 2.38. The second-order valence-corrected chi connectivity index (χ2v) is 7.84. The number of hydrogen-bond acceptors (Lipinski definition) is 2. The van der Waals surface area contributed by atoms with Crippen LogP contribution < -0.4 is 4.90 Å². The smallest absolute Gasteiger partial charge is 0.284 e. The Morgan fingerprint density at radius 1 is 1.28 bits per heavy atom. The van der Waals surface area contributed by atoms with Gasteiger partial charge in [-0.2, -0.15) is 13.2 Å². The van der Waals surface area contributed by atoms with E-state index in [0.717, 1.165) is 17.0 Å². The normalized spacial score (nSPS) is 21.1. The van der Waals surface area contributed by atoms with Crippen molar-refractivity contribution in [3.8, 4) is 0 Å². The van der Waals surface area contributed by atoms with Crippen LogP contribution >= 0.6 is 15.9 Å². The van der Waals surface area contributed by atoms with Gasteiger partial charge in [-0.1, -0.05) is 28.1 Å². The van der Waals surface area contributed by atoms with Crippen LogP contribution in [0.5, 0.6) is 0 Å². The molecule has 25 heavy (non-hydrogen) atoms. The first-order valence-electron chi connectivity index (χ1n) is 6.98. The van der Waals surface area contributed by atoms with E-state index in [1.54, 1.807) is 18.2 Å². The summed E-state index contributed by atoms with van der Waals surface area (Å²) >= 11 is 3.26. The molecule has 0 saturated heterocycles. The summed E-state index contributed by atoms with van der Waals surface area (Å²) in [7, 11) is -3.32. The lowest BCUT2D eigenvalue weighted by atomic mass is 9.97. The standard InChI is InChI=1S/C16H10BrF4NO2S/c1-8-4-12(18)13(6-14(8)25(24)16(19,20)21)22-7-9-5-10(17)2-3-11(9)15(22)23/h2-7,11H,1H3. The van der Waals surface area contributed by atoms with Gasteiger partial charge in [-0.3, -0.25) is 9.69 Å². The summed E-state index contributed by atoms with van der Waals surface area (Å²) in [6.07, 6.45) is 6.31. The van der Waals surface area contributed by atoms with E-state index >= 15 is 0 Å². The molecule has 0 N–H and O–H groups in total. The number of rotatable bonds is 2. The minimum Gasteiger partial charge on any atom is -0.284 e. The SMILES string of the molecule is Cc1cc(F)c(N2C=C3C=C(Br)C=CC3C2=O)cc1S(=O)C(F)(F)F. The van der Waals surface area contributed by atoms with E-state index in [0.29, 0.717) is 10.1 Å². The van der Waals surface area contributed by atoms with Crippen molar-refractivity contribution in [1.82, 2.24) is 0 Å². The molecule has 0 saturated carbocycles. The van der Waals surface area contributed by atoms with Crippen molar-refractivity contribution in [3.05, 3.63) is 58.0 Å². The van der Waals surface area contributed by atoms with Gasteiger partial charge in [0.05, 0.1) is 16.5 Å². The van der Waals surface area contributed by atoms with Gasteiger partial charge < -0.3 is 0 Å². The fraction of sp³-hybridized carbons (Fsp3) is 0.188. The summed E-state index contributed by atoms with van der Waals surface area (Å²) in [5.74, 6) is -1.98. The molecule has 1 aromatic carbocycles. The molecule has 1 aliphatic carbocycles. The Hall–Kier alpha value is -1.74. The minimum atomic E-state index is -4.97. The second-order valence-electron chi connectivity index (χ2n) is 5.49. The van der Waals surface area contributed by atoms with Crippen LogP contribution in [0, 0.1) is 18.7 Å². The minimum absolute atomic E-state index is 0.101. The Bertz CT molecular complexity index is 889. The maximum absolute atomic E-state index is 14.3. The monoisotopic (exact) mass is 435 g/mol. The van der Waals surface area contributed by atoms with Crippen molar-refractivity contribution in [2.45, 2.75) is 17.3 Å². The van der Waals surface area contributed by atoms with E-state index in [1.165, 1.54) is 13.1 Å². The highest BCUT2D eigenvalue weighted by Gasteiger charge is 2.40. The van der Waals surface area contributed by atoms with Crippen LogP contribution in [-0.2, 0) is 15.6 Å². The third-order valence-corrected chi connectivity index (χ3v) is 5.56. The lowest BCUT2D eigenvalue weighted by Gasteiger charge is -2.19. The number of carbonyl (C=O) groups excluding carboxylic acids is 1. The number of anilines is 1. The summed E-state index contributed by atoms with van der Waals surface area (Å²) in [6.45, 7) is 1.23. The van der Waals surface area contributed by atoms with Crippen molar-refractivity contribution >= 4 is 38.3 Å². The second kappa shape index (κ2) is 6.21. The molecule has 0 aromatic heterocycles. The van der Waals surface area contributed by atoms with Gasteiger partial charge in [0.15, 0.2) is 10.8 Å². The van der Waals surface area contributed by atoms with Gasteiger partial charge in [0.1, 0.15) is 5.82 Å². The fourth-order valence-corrected chi connectivity index (χ4v) is 3.88. The Balaban J connectivity index is 2.08. The molecule has 0 bridgehead atoms. The molecular formula is C16H10BrF4NO2S. The maximum atomic E-state index is 14.3. The molecule has 3 rings (SSSR count). The average molecular weight is 436 g/mol. The third-order valence-electron chi connectivity index (χ3n) is 3.81. The van der Waals surface area contributed by atoms with Crippen molar-refractivity contribution in [3.63, 3.8) is 0 Å². The highest BCUT2D eigenvalue weighted by atomic mass is 79.9. The zero-order valence-corrected chi connectivity index (χ0v) is 15.0. The number of amides is 1. The van der Waals surface area contributed by atoms with Gasteiger partial charge >= 0.3 is 5.51 Å². The molecule has 1 aromatic rings. The number of fused-ring (bicyclic) bond motifs is 1. The molecule has 2 atom stereocenters. The zero-order chi connectivity index (χ0) is 18.5. The van der Waals surface area contributed by atoms with Gasteiger partial charge in [0.25, 0.3) is 0 Å². The van der Waals surface area contributed by atoms with E-state index in [1.807, 2.05) is 0 Å². The number of alkyl halides is 3. The predicted molar refractivity (Wildman–Crippen MR) is 88.8 cm³/mol. The number of carbonyl (C=O) groups is 1. The summed E-state index contributed by atoms with van der Waals surface area (Å²) in [5.41, 5.74) is -4.85. The van der Waals surface area contributed by atoms with Crippen LogP contribution in [0.1, 0.15) is 5.56 Å². The Morgan fingerprint density at radius 3 is 2.60 bits per heavy atom. The van der Waals surface area contributed by atoms with E-state index in [4.69, 9.17) is 0 Å². The largest absolute Gasteiger partial charge is 0.475 e. The molecular weight excluding hydrogens is 426 g/mol. The number of benzene rings is 1. The van der Waals surface area contributed by atoms with Gasteiger partial charge in [-0.25, -0.2) is 8.60 Å².